The largest absolute Gasteiger partial charge is 0.382 e. The van der Waals surface area contributed by atoms with Gasteiger partial charge in [0.1, 0.15) is 22.9 Å². The lowest BCUT2D eigenvalue weighted by atomic mass is 10.4. The van der Waals surface area contributed by atoms with Crippen molar-refractivity contribution in [1.29, 1.82) is 0 Å². The van der Waals surface area contributed by atoms with E-state index >= 15 is 0 Å². The standard InChI is InChI=1S/C10H13ClN6O2S/c1-17-6-14-16-9(17)2-3-15-20(18,19)7-4-8(11)10(12)13-5-7/h4-6,15H,2-3H2,1H3,(H2,12,13). The van der Waals surface area contributed by atoms with Gasteiger partial charge in [-0.1, -0.05) is 11.6 Å². The molecule has 0 aliphatic carbocycles. The summed E-state index contributed by atoms with van der Waals surface area (Å²) in [4.78, 5) is 3.68. The maximum absolute atomic E-state index is 12.0. The van der Waals surface area contributed by atoms with E-state index in [0.717, 1.165) is 6.20 Å². The number of nitrogens with two attached hydrogens (primary N) is 1. The van der Waals surface area contributed by atoms with Crippen LogP contribution < -0.4 is 10.5 Å². The molecule has 20 heavy (non-hydrogen) atoms. The number of pyridine rings is 1. The quantitative estimate of drug-likeness (QED) is 0.800. The van der Waals surface area contributed by atoms with E-state index < -0.39 is 10.0 Å². The smallest absolute Gasteiger partial charge is 0.242 e. The van der Waals surface area contributed by atoms with Crippen LogP contribution in [-0.2, 0) is 23.5 Å². The fourth-order valence-corrected chi connectivity index (χ4v) is 2.72. The highest BCUT2D eigenvalue weighted by atomic mass is 35.5. The van der Waals surface area contributed by atoms with E-state index in [1.807, 2.05) is 0 Å². The van der Waals surface area contributed by atoms with E-state index in [-0.39, 0.29) is 22.3 Å². The Labute approximate surface area is 121 Å². The second-order valence-corrected chi connectivity index (χ2v) is 6.22. The van der Waals surface area contributed by atoms with Crippen molar-refractivity contribution in [2.75, 3.05) is 12.3 Å². The lowest BCUT2D eigenvalue weighted by molar-refractivity contribution is 0.579. The van der Waals surface area contributed by atoms with Gasteiger partial charge in [-0.3, -0.25) is 0 Å². The molecule has 0 atom stereocenters. The molecule has 3 N–H and O–H groups in total. The summed E-state index contributed by atoms with van der Waals surface area (Å²) in [6.07, 6.45) is 3.13. The van der Waals surface area contributed by atoms with Crippen LogP contribution in [0.15, 0.2) is 23.5 Å². The van der Waals surface area contributed by atoms with Crippen LogP contribution >= 0.6 is 11.6 Å². The molecule has 0 aromatic carbocycles. The maximum atomic E-state index is 12.0. The van der Waals surface area contributed by atoms with Gasteiger partial charge in [-0.15, -0.1) is 10.2 Å². The predicted molar refractivity (Wildman–Crippen MR) is 73.6 cm³/mol. The number of nitrogens with zero attached hydrogens (tertiary/aromatic N) is 4. The molecule has 0 saturated carbocycles. The molecule has 0 amide bonds. The summed E-state index contributed by atoms with van der Waals surface area (Å²) in [5.74, 6) is 0.769. The van der Waals surface area contributed by atoms with Gasteiger partial charge in [-0.05, 0) is 6.07 Å². The van der Waals surface area contributed by atoms with Crippen LogP contribution in [0, 0.1) is 0 Å². The Morgan fingerprint density at radius 1 is 1.50 bits per heavy atom. The fraction of sp³-hybridized carbons (Fsp3) is 0.300. The number of aromatic nitrogens is 4. The molecule has 0 fully saturated rings. The minimum Gasteiger partial charge on any atom is -0.382 e. The van der Waals surface area contributed by atoms with Crippen molar-refractivity contribution < 1.29 is 8.42 Å². The number of nitrogen functional groups attached to an aromatic ring is 1. The molecule has 0 aliphatic rings. The lowest BCUT2D eigenvalue weighted by Gasteiger charge is -2.07. The normalized spacial score (nSPS) is 11.7. The molecule has 0 aliphatic heterocycles. The highest BCUT2D eigenvalue weighted by Crippen LogP contribution is 2.19. The number of halogens is 1. The Morgan fingerprint density at radius 2 is 2.25 bits per heavy atom. The molecule has 2 heterocycles. The van der Waals surface area contributed by atoms with Crippen molar-refractivity contribution in [1.82, 2.24) is 24.5 Å². The summed E-state index contributed by atoms with van der Waals surface area (Å²) in [7, 11) is -1.89. The highest BCUT2D eigenvalue weighted by Gasteiger charge is 2.16. The van der Waals surface area contributed by atoms with Crippen molar-refractivity contribution in [2.45, 2.75) is 11.3 Å². The average molecular weight is 317 g/mol. The summed E-state index contributed by atoms with van der Waals surface area (Å²) in [6.45, 7) is 0.191. The maximum Gasteiger partial charge on any atom is 0.242 e. The molecule has 108 valence electrons. The molecule has 8 nitrogen and oxygen atoms in total. The Kier molecular flexibility index (Phi) is 4.21. The van der Waals surface area contributed by atoms with Crippen LogP contribution in [0.4, 0.5) is 5.82 Å². The summed E-state index contributed by atoms with van der Waals surface area (Å²) in [6, 6.07) is 1.26. The average Bonchev–Trinajstić information content (AvgIpc) is 2.78. The van der Waals surface area contributed by atoms with Gasteiger partial charge in [-0.25, -0.2) is 18.1 Å². The zero-order chi connectivity index (χ0) is 14.8. The predicted octanol–water partition coefficient (Wildman–Crippen LogP) is -0.0333. The van der Waals surface area contributed by atoms with Gasteiger partial charge in [0.05, 0.1) is 5.02 Å². The van der Waals surface area contributed by atoms with Crippen LogP contribution in [0.3, 0.4) is 0 Å². The zero-order valence-corrected chi connectivity index (χ0v) is 12.2. The van der Waals surface area contributed by atoms with E-state index in [0.29, 0.717) is 12.2 Å². The van der Waals surface area contributed by atoms with Crippen LogP contribution in [-0.4, -0.2) is 34.7 Å². The monoisotopic (exact) mass is 316 g/mol. The first-order chi connectivity index (χ1) is 9.40. The summed E-state index contributed by atoms with van der Waals surface area (Å²) < 4.78 is 28.2. The van der Waals surface area contributed by atoms with Gasteiger partial charge in [0.15, 0.2) is 0 Å². The SMILES string of the molecule is Cn1cnnc1CCNS(=O)(=O)c1cnc(N)c(Cl)c1. The molecule has 0 bridgehead atoms. The Hall–Kier alpha value is -1.71. The number of hydrogen-bond donors (Lipinski definition) is 2. The third-order valence-electron chi connectivity index (χ3n) is 2.60. The van der Waals surface area contributed by atoms with Crippen molar-refractivity contribution in [3.63, 3.8) is 0 Å². The van der Waals surface area contributed by atoms with Crippen molar-refractivity contribution in [3.05, 3.63) is 29.4 Å². The van der Waals surface area contributed by atoms with Crippen LogP contribution in [0.25, 0.3) is 0 Å². The summed E-state index contributed by atoms with van der Waals surface area (Å²) in [5.41, 5.74) is 5.44. The minimum atomic E-state index is -3.68. The molecule has 2 aromatic heterocycles. The molecule has 0 saturated heterocycles. The topological polar surface area (TPSA) is 116 Å². The van der Waals surface area contributed by atoms with Gasteiger partial charge >= 0.3 is 0 Å². The molecular weight excluding hydrogens is 304 g/mol. The van der Waals surface area contributed by atoms with E-state index in [1.54, 1.807) is 17.9 Å². The van der Waals surface area contributed by atoms with Crippen molar-refractivity contribution in [3.8, 4) is 0 Å². The number of rotatable bonds is 5. The van der Waals surface area contributed by atoms with Crippen molar-refractivity contribution >= 4 is 27.4 Å². The second kappa shape index (κ2) is 5.73. The fourth-order valence-electron chi connectivity index (χ4n) is 1.49. The van der Waals surface area contributed by atoms with Gasteiger partial charge < -0.3 is 10.3 Å². The zero-order valence-electron chi connectivity index (χ0n) is 10.6. The van der Waals surface area contributed by atoms with E-state index in [4.69, 9.17) is 17.3 Å². The van der Waals surface area contributed by atoms with Crippen molar-refractivity contribution in [2.24, 2.45) is 7.05 Å². The molecule has 0 spiro atoms. The Bertz CT molecular complexity index is 714. The van der Waals surface area contributed by atoms with Gasteiger partial charge in [-0.2, -0.15) is 0 Å². The number of anilines is 1. The molecular formula is C10H13ClN6O2S. The number of hydrogen-bond acceptors (Lipinski definition) is 6. The van der Waals surface area contributed by atoms with Gasteiger partial charge in [0.2, 0.25) is 10.0 Å². The molecule has 0 unspecified atom stereocenters. The van der Waals surface area contributed by atoms with Gasteiger partial charge in [0.25, 0.3) is 0 Å². The van der Waals surface area contributed by atoms with E-state index in [2.05, 4.69) is 19.9 Å². The van der Waals surface area contributed by atoms with Crippen LogP contribution in [0.1, 0.15) is 5.82 Å². The highest BCUT2D eigenvalue weighted by molar-refractivity contribution is 7.89. The molecule has 2 rings (SSSR count). The Morgan fingerprint density at radius 3 is 2.85 bits per heavy atom. The number of nitrogens with one attached hydrogen (secondary N) is 1. The van der Waals surface area contributed by atoms with E-state index in [1.165, 1.54) is 6.07 Å². The van der Waals surface area contributed by atoms with Crippen LogP contribution in [0.5, 0.6) is 0 Å². The second-order valence-electron chi connectivity index (χ2n) is 4.04. The molecule has 2 aromatic rings. The van der Waals surface area contributed by atoms with E-state index in [9.17, 15) is 8.42 Å². The summed E-state index contributed by atoms with van der Waals surface area (Å²) in [5, 5.41) is 7.67. The molecule has 0 radical (unpaired) electrons. The first-order valence-electron chi connectivity index (χ1n) is 5.64. The van der Waals surface area contributed by atoms with Gasteiger partial charge in [0, 0.05) is 26.2 Å². The Balaban J connectivity index is 2.04. The lowest BCUT2D eigenvalue weighted by Crippen LogP contribution is -2.26. The summed E-state index contributed by atoms with van der Waals surface area (Å²) >= 11 is 5.75. The first kappa shape index (κ1) is 14.7. The minimum absolute atomic E-state index is 0.0327. The third kappa shape index (κ3) is 3.24. The number of sulfonamides is 1. The van der Waals surface area contributed by atoms with Crippen LogP contribution in [0.2, 0.25) is 5.02 Å². The molecule has 10 heteroatoms. The number of aryl methyl sites for hydroxylation is 1. The first-order valence-corrected chi connectivity index (χ1v) is 7.50. The third-order valence-corrected chi connectivity index (χ3v) is 4.33.